The molecule has 0 aromatic carbocycles. The molecule has 3 aliphatic rings. The maximum atomic E-state index is 11.5. The van der Waals surface area contributed by atoms with E-state index in [1.54, 1.807) is 0 Å². The minimum absolute atomic E-state index is 0.0904. The topological polar surface area (TPSA) is 93.1 Å². The zero-order valence-electron chi connectivity index (χ0n) is 12.2. The summed E-state index contributed by atoms with van der Waals surface area (Å²) in [6.45, 7) is 0.339. The molecule has 3 rings (SSSR count). The van der Waals surface area contributed by atoms with Crippen molar-refractivity contribution >= 4 is 11.6 Å². The molecule has 1 heterocycles. The quantitative estimate of drug-likeness (QED) is 0.658. The third-order valence-corrected chi connectivity index (χ3v) is 4.65. The molecule has 0 spiro atoms. The maximum absolute atomic E-state index is 11.5. The molecule has 0 aromatic rings. The van der Waals surface area contributed by atoms with Gasteiger partial charge in [-0.25, -0.2) is 0 Å². The number of ketones is 2. The Hall–Kier alpha value is -1.34. The lowest BCUT2D eigenvalue weighted by Crippen LogP contribution is -2.52. The van der Waals surface area contributed by atoms with Gasteiger partial charge in [-0.2, -0.15) is 0 Å². The molecule has 0 saturated carbocycles. The van der Waals surface area contributed by atoms with Gasteiger partial charge in [0.15, 0.2) is 11.6 Å². The number of ether oxygens (including phenoxy) is 2. The van der Waals surface area contributed by atoms with Crippen molar-refractivity contribution in [2.45, 2.75) is 49.1 Å². The number of hydrogen-bond acceptors (Lipinski definition) is 6. The molecule has 0 amide bonds. The van der Waals surface area contributed by atoms with E-state index >= 15 is 0 Å². The number of hydrogen-bond donors (Lipinski definition) is 2. The first-order chi connectivity index (χ1) is 10.4. The van der Waals surface area contributed by atoms with E-state index in [1.807, 2.05) is 0 Å². The Morgan fingerprint density at radius 3 is 1.68 bits per heavy atom. The Balaban J connectivity index is 1.80. The Bertz CT molecular complexity index is 491. The van der Waals surface area contributed by atoms with Crippen LogP contribution in [-0.4, -0.2) is 58.4 Å². The van der Waals surface area contributed by atoms with Gasteiger partial charge in [-0.1, -0.05) is 0 Å². The summed E-state index contributed by atoms with van der Waals surface area (Å²) in [5.74, 6) is -0.181. The average molecular weight is 308 g/mol. The molecule has 0 radical (unpaired) electrons. The van der Waals surface area contributed by atoms with Crippen LogP contribution in [0.1, 0.15) is 25.7 Å². The highest BCUT2D eigenvalue weighted by Crippen LogP contribution is 2.33. The molecule has 2 aliphatic carbocycles. The third-order valence-electron chi connectivity index (χ3n) is 4.65. The summed E-state index contributed by atoms with van der Waals surface area (Å²) in [6, 6.07) is 0. The lowest BCUT2D eigenvalue weighted by molar-refractivity contribution is -0.160. The van der Waals surface area contributed by atoms with Crippen molar-refractivity contribution in [2.75, 3.05) is 13.2 Å². The number of allylic oxidation sites excluding steroid dienone is 2. The Morgan fingerprint density at radius 2 is 1.27 bits per heavy atom. The van der Waals surface area contributed by atoms with Gasteiger partial charge in [0.05, 0.1) is 25.4 Å². The van der Waals surface area contributed by atoms with Gasteiger partial charge < -0.3 is 19.7 Å². The van der Waals surface area contributed by atoms with Gasteiger partial charge in [-0.3, -0.25) is 9.59 Å². The normalized spacial score (nSPS) is 42.6. The van der Waals surface area contributed by atoms with Crippen molar-refractivity contribution in [1.29, 1.82) is 0 Å². The zero-order chi connectivity index (χ0) is 15.8. The van der Waals surface area contributed by atoms with Crippen LogP contribution in [0.3, 0.4) is 0 Å². The first kappa shape index (κ1) is 15.6. The molecule has 0 bridgehead atoms. The zero-order valence-corrected chi connectivity index (χ0v) is 12.2. The first-order valence-electron chi connectivity index (χ1n) is 7.53. The van der Waals surface area contributed by atoms with E-state index in [0.717, 1.165) is 0 Å². The molecule has 120 valence electrons. The van der Waals surface area contributed by atoms with Crippen LogP contribution in [0.2, 0.25) is 0 Å². The largest absolute Gasteiger partial charge is 0.383 e. The third kappa shape index (κ3) is 2.92. The highest BCUT2D eigenvalue weighted by Gasteiger charge is 2.44. The molecular formula is C16H20O6. The highest BCUT2D eigenvalue weighted by atomic mass is 16.5. The number of aliphatic hydroxyl groups is 2. The first-order valence-corrected chi connectivity index (χ1v) is 7.53. The van der Waals surface area contributed by atoms with Crippen molar-refractivity contribution in [2.24, 2.45) is 0 Å². The van der Waals surface area contributed by atoms with Gasteiger partial charge in [-0.05, 0) is 24.3 Å². The molecule has 22 heavy (non-hydrogen) atoms. The van der Waals surface area contributed by atoms with Crippen molar-refractivity contribution in [3.05, 3.63) is 24.3 Å². The van der Waals surface area contributed by atoms with E-state index in [0.29, 0.717) is 0 Å². The van der Waals surface area contributed by atoms with E-state index in [9.17, 15) is 19.8 Å². The van der Waals surface area contributed by atoms with E-state index in [1.165, 1.54) is 24.3 Å². The van der Waals surface area contributed by atoms with E-state index in [4.69, 9.17) is 9.47 Å². The maximum Gasteiger partial charge on any atom is 0.158 e. The van der Waals surface area contributed by atoms with Gasteiger partial charge in [0.2, 0.25) is 0 Å². The van der Waals surface area contributed by atoms with Gasteiger partial charge in [0.1, 0.15) is 11.2 Å². The fourth-order valence-corrected chi connectivity index (χ4v) is 3.17. The van der Waals surface area contributed by atoms with Crippen LogP contribution < -0.4 is 0 Å². The second-order valence-corrected chi connectivity index (χ2v) is 6.21. The van der Waals surface area contributed by atoms with Crippen LogP contribution in [0, 0.1) is 0 Å². The van der Waals surface area contributed by atoms with Crippen molar-refractivity contribution in [3.63, 3.8) is 0 Å². The molecule has 6 heteroatoms. The Morgan fingerprint density at radius 1 is 0.864 bits per heavy atom. The van der Waals surface area contributed by atoms with E-state index in [2.05, 4.69) is 0 Å². The van der Waals surface area contributed by atoms with Gasteiger partial charge in [0, 0.05) is 25.7 Å². The van der Waals surface area contributed by atoms with Crippen molar-refractivity contribution in [1.82, 2.24) is 0 Å². The van der Waals surface area contributed by atoms with Crippen LogP contribution in [0.4, 0.5) is 0 Å². The second-order valence-electron chi connectivity index (χ2n) is 6.21. The Labute approximate surface area is 128 Å². The summed E-state index contributed by atoms with van der Waals surface area (Å²) in [4.78, 5) is 23.1. The minimum atomic E-state index is -1.25. The summed E-state index contributed by atoms with van der Waals surface area (Å²) in [6.07, 6.45) is 5.11. The summed E-state index contributed by atoms with van der Waals surface area (Å²) >= 11 is 0. The Kier molecular flexibility index (Phi) is 4.03. The van der Waals surface area contributed by atoms with Crippen LogP contribution in [0.25, 0.3) is 0 Å². The minimum Gasteiger partial charge on any atom is -0.383 e. The van der Waals surface area contributed by atoms with Crippen LogP contribution in [0.15, 0.2) is 24.3 Å². The van der Waals surface area contributed by atoms with E-state index < -0.39 is 23.4 Å². The second kappa shape index (κ2) is 5.70. The SMILES string of the molecule is O=C1C=C[C@]2(O)CCO[C@@H]3CC(=O)C=C[C@]3(O)CCO[C@H]2C1. The van der Waals surface area contributed by atoms with Gasteiger partial charge in [0.25, 0.3) is 0 Å². The number of fused-ring (bicyclic) bond motifs is 2. The molecule has 2 N–H and O–H groups in total. The number of rotatable bonds is 0. The van der Waals surface area contributed by atoms with Crippen LogP contribution in [0.5, 0.6) is 0 Å². The molecule has 1 aliphatic heterocycles. The van der Waals surface area contributed by atoms with Crippen molar-refractivity contribution < 1.29 is 29.3 Å². The average Bonchev–Trinajstić information content (AvgIpc) is 2.47. The van der Waals surface area contributed by atoms with Crippen LogP contribution in [-0.2, 0) is 19.1 Å². The van der Waals surface area contributed by atoms with E-state index in [-0.39, 0.29) is 50.5 Å². The van der Waals surface area contributed by atoms with Gasteiger partial charge >= 0.3 is 0 Å². The number of carbonyl (C=O) groups is 2. The predicted octanol–water partition coefficient (Wildman–Crippen LogP) is 0.0708. The predicted molar refractivity (Wildman–Crippen MR) is 76.1 cm³/mol. The van der Waals surface area contributed by atoms with Crippen molar-refractivity contribution in [3.8, 4) is 0 Å². The molecule has 1 fully saturated rings. The lowest BCUT2D eigenvalue weighted by Gasteiger charge is -2.41. The summed E-state index contributed by atoms with van der Waals surface area (Å²) in [5, 5.41) is 21.3. The molecular weight excluding hydrogens is 288 g/mol. The molecule has 4 atom stereocenters. The fraction of sp³-hybridized carbons (Fsp3) is 0.625. The standard InChI is InChI=1S/C16H20O6/c17-11-1-3-15(19)5-7-22-14-10-12(18)2-4-16(14,20)6-8-21-13(15)9-11/h1-4,13-14,19-20H,5-10H2/t13-,14+,15-,16-/m0/s1. The molecule has 6 nitrogen and oxygen atoms in total. The van der Waals surface area contributed by atoms with Crippen LogP contribution >= 0.6 is 0 Å². The lowest BCUT2D eigenvalue weighted by atomic mass is 9.82. The molecule has 0 unspecified atom stereocenters. The highest BCUT2D eigenvalue weighted by molar-refractivity contribution is 5.92. The van der Waals surface area contributed by atoms with Gasteiger partial charge in [-0.15, -0.1) is 0 Å². The summed E-state index contributed by atoms with van der Waals surface area (Å²) in [7, 11) is 0. The summed E-state index contributed by atoms with van der Waals surface area (Å²) < 4.78 is 11.4. The smallest absolute Gasteiger partial charge is 0.158 e. The monoisotopic (exact) mass is 308 g/mol. The fourth-order valence-electron chi connectivity index (χ4n) is 3.17. The molecule has 0 aromatic heterocycles. The molecule has 1 saturated heterocycles. The summed E-state index contributed by atoms with van der Waals surface area (Å²) in [5.41, 5.74) is -2.50. The number of carbonyl (C=O) groups excluding carboxylic acids is 2.